The standard InChI is InChI=1S/C20H35N5O2/c1-5-18(19-15(2)22-27-16(19)3)21-20(26)25-8-6-17(7-9-25)14-24-12-10-23(4)11-13-24/h17-18H,5-14H2,1-4H3,(H,21,26). The van der Waals surface area contributed by atoms with Crippen molar-refractivity contribution in [2.75, 3.05) is 52.9 Å². The summed E-state index contributed by atoms with van der Waals surface area (Å²) in [5.74, 6) is 1.51. The molecule has 1 unspecified atom stereocenters. The largest absolute Gasteiger partial charge is 0.361 e. The Morgan fingerprint density at radius 2 is 1.85 bits per heavy atom. The molecule has 7 nitrogen and oxygen atoms in total. The summed E-state index contributed by atoms with van der Waals surface area (Å²) in [5, 5.41) is 7.22. The first-order valence-electron chi connectivity index (χ1n) is 10.4. The molecule has 3 rings (SSSR count). The van der Waals surface area contributed by atoms with Crippen LogP contribution in [0.5, 0.6) is 0 Å². The molecule has 0 aromatic carbocycles. The molecule has 2 fully saturated rings. The van der Waals surface area contributed by atoms with E-state index in [1.807, 2.05) is 18.7 Å². The first-order valence-corrected chi connectivity index (χ1v) is 10.4. The highest BCUT2D eigenvalue weighted by Crippen LogP contribution is 2.25. The van der Waals surface area contributed by atoms with Gasteiger partial charge in [0, 0.05) is 51.4 Å². The van der Waals surface area contributed by atoms with Gasteiger partial charge in [-0.3, -0.25) is 0 Å². The summed E-state index contributed by atoms with van der Waals surface area (Å²) in [6.07, 6.45) is 3.03. The number of amides is 2. The lowest BCUT2D eigenvalue weighted by molar-refractivity contribution is 0.110. The van der Waals surface area contributed by atoms with Crippen LogP contribution in [0, 0.1) is 19.8 Å². The summed E-state index contributed by atoms with van der Waals surface area (Å²) in [5.41, 5.74) is 1.89. The van der Waals surface area contributed by atoms with E-state index < -0.39 is 0 Å². The number of carbonyl (C=O) groups excluding carboxylic acids is 1. The molecule has 7 heteroatoms. The van der Waals surface area contributed by atoms with Gasteiger partial charge >= 0.3 is 6.03 Å². The Balaban J connectivity index is 1.46. The Hall–Kier alpha value is -1.60. The number of nitrogens with one attached hydrogen (secondary N) is 1. The van der Waals surface area contributed by atoms with Crippen molar-refractivity contribution in [3.05, 3.63) is 17.0 Å². The van der Waals surface area contributed by atoms with Crippen LogP contribution >= 0.6 is 0 Å². The molecule has 2 aliphatic rings. The summed E-state index contributed by atoms with van der Waals surface area (Å²) >= 11 is 0. The van der Waals surface area contributed by atoms with Crippen LogP contribution in [0.3, 0.4) is 0 Å². The third kappa shape index (κ3) is 5.02. The van der Waals surface area contributed by atoms with Gasteiger partial charge in [-0.25, -0.2) is 4.79 Å². The van der Waals surface area contributed by atoms with E-state index in [1.165, 1.54) is 32.7 Å². The van der Waals surface area contributed by atoms with Gasteiger partial charge in [-0.15, -0.1) is 0 Å². The molecule has 2 amide bonds. The number of carbonyl (C=O) groups is 1. The monoisotopic (exact) mass is 377 g/mol. The molecular formula is C20H35N5O2. The lowest BCUT2D eigenvalue weighted by Crippen LogP contribution is -2.49. The molecule has 2 saturated heterocycles. The van der Waals surface area contributed by atoms with E-state index in [9.17, 15) is 4.79 Å². The summed E-state index contributed by atoms with van der Waals surface area (Å²) in [6, 6.07) is 0.00621. The van der Waals surface area contributed by atoms with Crippen molar-refractivity contribution in [1.82, 2.24) is 25.2 Å². The van der Waals surface area contributed by atoms with Crippen LogP contribution in [0.4, 0.5) is 4.79 Å². The normalized spacial score (nSPS) is 21.4. The van der Waals surface area contributed by atoms with E-state index in [4.69, 9.17) is 4.52 Å². The lowest BCUT2D eigenvalue weighted by Gasteiger charge is -2.38. The zero-order chi connectivity index (χ0) is 19.4. The van der Waals surface area contributed by atoms with Gasteiger partial charge in [0.2, 0.25) is 0 Å². The second-order valence-electron chi connectivity index (χ2n) is 8.18. The van der Waals surface area contributed by atoms with E-state index in [0.717, 1.165) is 49.4 Å². The maximum Gasteiger partial charge on any atom is 0.317 e. The van der Waals surface area contributed by atoms with Crippen molar-refractivity contribution in [3.63, 3.8) is 0 Å². The van der Waals surface area contributed by atoms with E-state index in [1.54, 1.807) is 0 Å². The highest BCUT2D eigenvalue weighted by molar-refractivity contribution is 5.75. The van der Waals surface area contributed by atoms with Crippen LogP contribution in [0.2, 0.25) is 0 Å². The van der Waals surface area contributed by atoms with Gasteiger partial charge in [0.05, 0.1) is 11.7 Å². The topological polar surface area (TPSA) is 64.9 Å². The SMILES string of the molecule is CCC(NC(=O)N1CCC(CN2CCN(C)CC2)CC1)c1c(C)noc1C. The number of urea groups is 1. The zero-order valence-corrected chi connectivity index (χ0v) is 17.3. The lowest BCUT2D eigenvalue weighted by atomic mass is 9.96. The predicted molar refractivity (Wildman–Crippen MR) is 106 cm³/mol. The predicted octanol–water partition coefficient (Wildman–Crippen LogP) is 2.41. The molecule has 0 spiro atoms. The average molecular weight is 378 g/mol. The zero-order valence-electron chi connectivity index (χ0n) is 17.3. The minimum atomic E-state index is -0.0354. The molecule has 3 heterocycles. The molecule has 27 heavy (non-hydrogen) atoms. The molecule has 1 aromatic rings. The van der Waals surface area contributed by atoms with E-state index in [-0.39, 0.29) is 12.1 Å². The van der Waals surface area contributed by atoms with Gasteiger partial charge in [0.25, 0.3) is 0 Å². The number of nitrogens with zero attached hydrogens (tertiary/aromatic N) is 4. The number of piperidine rings is 1. The summed E-state index contributed by atoms with van der Waals surface area (Å²) < 4.78 is 5.28. The van der Waals surface area contributed by atoms with Gasteiger partial charge in [0.1, 0.15) is 5.76 Å². The molecular weight excluding hydrogens is 342 g/mol. The van der Waals surface area contributed by atoms with E-state index >= 15 is 0 Å². The fraction of sp³-hybridized carbons (Fsp3) is 0.800. The van der Waals surface area contributed by atoms with Crippen LogP contribution in [0.25, 0.3) is 0 Å². The van der Waals surface area contributed by atoms with Crippen LogP contribution in [-0.4, -0.2) is 78.7 Å². The quantitative estimate of drug-likeness (QED) is 0.854. The Bertz CT molecular complexity index is 596. The van der Waals surface area contributed by atoms with Gasteiger partial charge in [-0.1, -0.05) is 12.1 Å². The number of hydrogen-bond donors (Lipinski definition) is 1. The minimum absolute atomic E-state index is 0.0354. The number of piperazine rings is 1. The first kappa shape index (κ1) is 20.1. The third-order valence-electron chi connectivity index (χ3n) is 6.16. The fourth-order valence-electron chi connectivity index (χ4n) is 4.32. The maximum absolute atomic E-state index is 12.8. The Morgan fingerprint density at radius 1 is 1.19 bits per heavy atom. The second-order valence-corrected chi connectivity index (χ2v) is 8.18. The van der Waals surface area contributed by atoms with E-state index in [0.29, 0.717) is 5.92 Å². The second kappa shape index (κ2) is 9.06. The van der Waals surface area contributed by atoms with Gasteiger partial charge in [0.15, 0.2) is 0 Å². The molecule has 0 aliphatic carbocycles. The fourth-order valence-corrected chi connectivity index (χ4v) is 4.32. The average Bonchev–Trinajstić information content (AvgIpc) is 3.00. The van der Waals surface area contributed by atoms with Gasteiger partial charge in [-0.2, -0.15) is 0 Å². The molecule has 1 aromatic heterocycles. The van der Waals surface area contributed by atoms with Crippen molar-refractivity contribution in [1.29, 1.82) is 0 Å². The van der Waals surface area contributed by atoms with Crippen molar-refractivity contribution in [2.45, 2.75) is 46.1 Å². The number of aromatic nitrogens is 1. The summed E-state index contributed by atoms with van der Waals surface area (Å²) in [7, 11) is 2.20. The molecule has 152 valence electrons. The highest BCUT2D eigenvalue weighted by atomic mass is 16.5. The molecule has 2 aliphatic heterocycles. The molecule has 0 radical (unpaired) electrons. The number of likely N-dealkylation sites (N-methyl/N-ethyl adjacent to an activating group) is 1. The Labute approximate surface area is 163 Å². The van der Waals surface area contributed by atoms with Crippen LogP contribution in [0.1, 0.15) is 49.2 Å². The van der Waals surface area contributed by atoms with Crippen molar-refractivity contribution in [3.8, 4) is 0 Å². The summed E-state index contributed by atoms with van der Waals surface area (Å²) in [4.78, 5) is 19.7. The number of likely N-dealkylation sites (tertiary alicyclic amines) is 1. The van der Waals surface area contributed by atoms with Crippen LogP contribution in [0.15, 0.2) is 4.52 Å². The minimum Gasteiger partial charge on any atom is -0.361 e. The smallest absolute Gasteiger partial charge is 0.317 e. The summed E-state index contributed by atoms with van der Waals surface area (Å²) in [6.45, 7) is 13.5. The van der Waals surface area contributed by atoms with Crippen molar-refractivity contribution < 1.29 is 9.32 Å². The van der Waals surface area contributed by atoms with Crippen molar-refractivity contribution in [2.24, 2.45) is 5.92 Å². The molecule has 1 atom stereocenters. The maximum atomic E-state index is 12.8. The van der Waals surface area contributed by atoms with Crippen molar-refractivity contribution >= 4 is 6.03 Å². The first-order chi connectivity index (χ1) is 13.0. The molecule has 0 saturated carbocycles. The number of rotatable bonds is 5. The Kier molecular flexibility index (Phi) is 6.76. The van der Waals surface area contributed by atoms with Crippen LogP contribution < -0.4 is 5.32 Å². The van der Waals surface area contributed by atoms with Crippen LogP contribution in [-0.2, 0) is 0 Å². The van der Waals surface area contributed by atoms with Gasteiger partial charge < -0.3 is 24.5 Å². The number of aryl methyl sites for hydroxylation is 2. The van der Waals surface area contributed by atoms with E-state index in [2.05, 4.69) is 34.2 Å². The number of hydrogen-bond acceptors (Lipinski definition) is 5. The Morgan fingerprint density at radius 3 is 2.41 bits per heavy atom. The third-order valence-corrected chi connectivity index (χ3v) is 6.16. The van der Waals surface area contributed by atoms with Gasteiger partial charge in [-0.05, 0) is 46.1 Å². The molecule has 1 N–H and O–H groups in total. The highest BCUT2D eigenvalue weighted by Gasteiger charge is 2.28. The molecule has 0 bridgehead atoms.